The predicted octanol–water partition coefficient (Wildman–Crippen LogP) is 3.01. The Morgan fingerprint density at radius 2 is 1.97 bits per heavy atom. The van der Waals surface area contributed by atoms with E-state index in [1.54, 1.807) is 24.5 Å². The summed E-state index contributed by atoms with van der Waals surface area (Å²) in [5, 5.41) is 11.7. The number of amides is 1. The largest absolute Gasteiger partial charge is 0.416 e. The molecule has 0 bridgehead atoms. The molecule has 3 aromatic heterocycles. The zero-order valence-electron chi connectivity index (χ0n) is 20.0. The van der Waals surface area contributed by atoms with E-state index in [1.807, 2.05) is 4.40 Å². The minimum absolute atomic E-state index is 0.0426. The number of β-amino-alcohol motifs (C(OH)–C–C–N with tert-alkyl or cyclic N) is 1. The molecule has 4 N–H and O–H groups in total. The van der Waals surface area contributed by atoms with Crippen molar-refractivity contribution >= 4 is 23.1 Å². The highest BCUT2D eigenvalue weighted by Crippen LogP contribution is 2.33. The molecule has 5 rings (SSSR count). The van der Waals surface area contributed by atoms with Crippen molar-refractivity contribution in [3.63, 3.8) is 0 Å². The fraction of sp³-hybridized carbons (Fsp3) is 0.280. The van der Waals surface area contributed by atoms with Crippen molar-refractivity contribution < 1.29 is 27.8 Å². The molecule has 1 amide bonds. The molecule has 1 aliphatic rings. The highest BCUT2D eigenvalue weighted by molar-refractivity contribution is 6.04. The van der Waals surface area contributed by atoms with E-state index in [0.717, 1.165) is 18.3 Å². The van der Waals surface area contributed by atoms with Crippen LogP contribution in [0.25, 0.3) is 16.8 Å². The molecule has 1 saturated heterocycles. The van der Waals surface area contributed by atoms with Crippen molar-refractivity contribution in [2.24, 2.45) is 0 Å². The van der Waals surface area contributed by atoms with Gasteiger partial charge >= 0.3 is 6.18 Å². The van der Waals surface area contributed by atoms with Gasteiger partial charge in [0.15, 0.2) is 0 Å². The smallest absolute Gasteiger partial charge is 0.395 e. The third kappa shape index (κ3) is 5.16. The molecule has 1 aromatic carbocycles. The molecule has 0 saturated carbocycles. The van der Waals surface area contributed by atoms with Gasteiger partial charge in [-0.05, 0) is 24.3 Å². The van der Waals surface area contributed by atoms with E-state index in [-0.39, 0.29) is 29.9 Å². The second-order valence-electron chi connectivity index (χ2n) is 8.69. The van der Waals surface area contributed by atoms with Gasteiger partial charge in [-0.1, -0.05) is 12.1 Å². The maximum absolute atomic E-state index is 13.0. The Labute approximate surface area is 214 Å². The van der Waals surface area contributed by atoms with Crippen LogP contribution in [0, 0.1) is 0 Å². The maximum atomic E-state index is 13.0. The number of anilines is 2. The number of ether oxygens (including phenoxy) is 1. The van der Waals surface area contributed by atoms with E-state index in [2.05, 4.69) is 20.2 Å². The van der Waals surface area contributed by atoms with Crippen LogP contribution in [0.1, 0.15) is 27.8 Å². The monoisotopic (exact) mass is 527 g/mol. The van der Waals surface area contributed by atoms with Gasteiger partial charge in [0, 0.05) is 49.4 Å². The number of nitrogen functional groups attached to an aromatic ring is 1. The number of nitrogens with one attached hydrogen (secondary N) is 1. The lowest BCUT2D eigenvalue weighted by molar-refractivity contribution is -0.137. The summed E-state index contributed by atoms with van der Waals surface area (Å²) >= 11 is 0. The second kappa shape index (κ2) is 10.4. The second-order valence-corrected chi connectivity index (χ2v) is 8.69. The molecule has 4 aromatic rings. The number of hydrogen-bond donors (Lipinski definition) is 3. The van der Waals surface area contributed by atoms with E-state index in [4.69, 9.17) is 15.5 Å². The Bertz CT molecular complexity index is 1460. The Balaban J connectivity index is 1.42. The van der Waals surface area contributed by atoms with Gasteiger partial charge in [0.25, 0.3) is 5.91 Å². The minimum Gasteiger partial charge on any atom is -0.395 e. The summed E-state index contributed by atoms with van der Waals surface area (Å²) in [6.45, 7) is 2.31. The third-order valence-corrected chi connectivity index (χ3v) is 6.21. The number of imidazole rings is 1. The van der Waals surface area contributed by atoms with Crippen molar-refractivity contribution in [1.82, 2.24) is 24.3 Å². The van der Waals surface area contributed by atoms with Crippen molar-refractivity contribution in [2.75, 3.05) is 43.9 Å². The van der Waals surface area contributed by atoms with Crippen LogP contribution in [0.15, 0.2) is 55.0 Å². The number of pyridine rings is 1. The molecule has 0 radical (unpaired) electrons. The van der Waals surface area contributed by atoms with Crippen LogP contribution in [0.5, 0.6) is 0 Å². The average Bonchev–Trinajstić information content (AvgIpc) is 3.30. The minimum atomic E-state index is -4.55. The Morgan fingerprint density at radius 3 is 2.71 bits per heavy atom. The number of fused-ring (bicyclic) bond motifs is 1. The molecule has 0 spiro atoms. The average molecular weight is 528 g/mol. The number of nitrogens with two attached hydrogens (primary N) is 1. The van der Waals surface area contributed by atoms with Crippen LogP contribution in [-0.4, -0.2) is 68.1 Å². The van der Waals surface area contributed by atoms with Gasteiger partial charge in [0.1, 0.15) is 34.8 Å². The number of aliphatic hydroxyl groups excluding tert-OH is 1. The van der Waals surface area contributed by atoms with E-state index in [9.17, 15) is 23.1 Å². The van der Waals surface area contributed by atoms with Crippen LogP contribution >= 0.6 is 0 Å². The first-order valence-electron chi connectivity index (χ1n) is 11.8. The van der Waals surface area contributed by atoms with E-state index < -0.39 is 17.6 Å². The zero-order chi connectivity index (χ0) is 26.9. The molecule has 1 aliphatic heterocycles. The van der Waals surface area contributed by atoms with Crippen molar-refractivity contribution in [3.8, 4) is 11.3 Å². The molecule has 0 unspecified atom stereocenters. The van der Waals surface area contributed by atoms with Crippen LogP contribution < -0.4 is 11.1 Å². The Hall–Kier alpha value is -4.07. The topological polar surface area (TPSA) is 131 Å². The first-order valence-corrected chi connectivity index (χ1v) is 11.8. The van der Waals surface area contributed by atoms with Gasteiger partial charge in [0.05, 0.1) is 18.8 Å². The fourth-order valence-electron chi connectivity index (χ4n) is 4.36. The van der Waals surface area contributed by atoms with E-state index in [1.165, 1.54) is 12.1 Å². The van der Waals surface area contributed by atoms with E-state index in [0.29, 0.717) is 48.8 Å². The number of rotatable bonds is 6. The lowest BCUT2D eigenvalue weighted by Gasteiger charge is -2.31. The number of carbonyl (C=O) groups is 1. The SMILES string of the molecule is Nc1nccn2c([C@H]3CN(CCO)CCO3)nc(-c3ccc(C(=O)Nc4cc(C(F)(F)F)ccn4)cc3)c12. The van der Waals surface area contributed by atoms with Crippen LogP contribution in [0.4, 0.5) is 24.8 Å². The summed E-state index contributed by atoms with van der Waals surface area (Å²) in [4.78, 5) is 27.6. The van der Waals surface area contributed by atoms with Gasteiger partial charge in [-0.15, -0.1) is 0 Å². The molecule has 1 atom stereocenters. The number of carbonyl (C=O) groups excluding carboxylic acids is 1. The molecule has 10 nitrogen and oxygen atoms in total. The van der Waals surface area contributed by atoms with Gasteiger partial charge < -0.3 is 20.9 Å². The first-order chi connectivity index (χ1) is 18.2. The summed E-state index contributed by atoms with van der Waals surface area (Å²) in [6, 6.07) is 8.03. The number of hydrogen-bond acceptors (Lipinski definition) is 8. The van der Waals surface area contributed by atoms with Crippen LogP contribution in [0.3, 0.4) is 0 Å². The number of aromatic nitrogens is 4. The molecule has 198 valence electrons. The van der Waals surface area contributed by atoms with Gasteiger partial charge in [-0.3, -0.25) is 14.1 Å². The highest BCUT2D eigenvalue weighted by atomic mass is 19.4. The quantitative estimate of drug-likeness (QED) is 0.349. The molecular weight excluding hydrogens is 503 g/mol. The number of morpholine rings is 1. The normalized spacial score (nSPS) is 16.6. The number of nitrogens with zero attached hydrogens (tertiary/aromatic N) is 5. The number of halogens is 3. The third-order valence-electron chi connectivity index (χ3n) is 6.21. The van der Waals surface area contributed by atoms with Crippen LogP contribution in [-0.2, 0) is 10.9 Å². The molecule has 0 aliphatic carbocycles. The summed E-state index contributed by atoms with van der Waals surface area (Å²) in [5.74, 6) is 0.0747. The van der Waals surface area contributed by atoms with Gasteiger partial charge in [-0.2, -0.15) is 13.2 Å². The first kappa shape index (κ1) is 25.6. The van der Waals surface area contributed by atoms with Gasteiger partial charge in [-0.25, -0.2) is 15.0 Å². The van der Waals surface area contributed by atoms with Gasteiger partial charge in [0.2, 0.25) is 0 Å². The predicted molar refractivity (Wildman–Crippen MR) is 132 cm³/mol. The lowest BCUT2D eigenvalue weighted by Crippen LogP contribution is -2.40. The van der Waals surface area contributed by atoms with Crippen molar-refractivity contribution in [1.29, 1.82) is 0 Å². The number of aliphatic hydroxyl groups is 1. The molecule has 38 heavy (non-hydrogen) atoms. The highest BCUT2D eigenvalue weighted by Gasteiger charge is 2.31. The Kier molecular flexibility index (Phi) is 6.97. The van der Waals surface area contributed by atoms with Crippen molar-refractivity contribution in [2.45, 2.75) is 12.3 Å². The molecular formula is C25H24F3N7O3. The zero-order valence-corrected chi connectivity index (χ0v) is 20.0. The fourth-order valence-corrected chi connectivity index (χ4v) is 4.36. The molecule has 4 heterocycles. The summed E-state index contributed by atoms with van der Waals surface area (Å²) in [7, 11) is 0. The van der Waals surface area contributed by atoms with Crippen LogP contribution in [0.2, 0.25) is 0 Å². The summed E-state index contributed by atoms with van der Waals surface area (Å²) in [6.07, 6.45) is -0.604. The summed E-state index contributed by atoms with van der Waals surface area (Å²) < 4.78 is 46.7. The lowest BCUT2D eigenvalue weighted by atomic mass is 10.1. The number of benzene rings is 1. The molecule has 13 heteroatoms. The van der Waals surface area contributed by atoms with Crippen molar-refractivity contribution in [3.05, 3.63) is 71.9 Å². The maximum Gasteiger partial charge on any atom is 0.416 e. The summed E-state index contributed by atoms with van der Waals surface area (Å²) in [5.41, 5.74) is 7.30. The number of alkyl halides is 3. The van der Waals surface area contributed by atoms with E-state index >= 15 is 0 Å². The Morgan fingerprint density at radius 1 is 1.18 bits per heavy atom. The molecule has 1 fully saturated rings. The standard InChI is InChI=1S/C25H24F3N7O3/c26-25(27,28)17-5-6-30-19(13-17)32-24(37)16-3-1-15(2-4-16)20-21-22(29)31-7-8-35(21)23(33-20)18-14-34(9-11-36)10-12-38-18/h1-8,13,18,36H,9-12,14H2,(H2,29,31)(H,30,32,37)/t18-/m1/s1.